The fourth-order valence-electron chi connectivity index (χ4n) is 3.78. The van der Waals surface area contributed by atoms with E-state index < -0.39 is 0 Å². The number of pyridine rings is 1. The lowest BCUT2D eigenvalue weighted by Gasteiger charge is -2.15. The van der Waals surface area contributed by atoms with Gasteiger partial charge >= 0.3 is 0 Å². The monoisotopic (exact) mass is 411 g/mol. The van der Waals surface area contributed by atoms with E-state index in [1.54, 1.807) is 12.4 Å². The Hall–Kier alpha value is -4.87. The zero-order chi connectivity index (χ0) is 21.9. The molecule has 0 radical (unpaired) electrons. The van der Waals surface area contributed by atoms with E-state index >= 15 is 0 Å². The zero-order valence-corrected chi connectivity index (χ0v) is 17.0. The van der Waals surface area contributed by atoms with E-state index in [0.29, 0.717) is 11.1 Å². The van der Waals surface area contributed by atoms with Crippen LogP contribution in [0, 0.1) is 22.7 Å². The minimum atomic E-state index is 0.473. The van der Waals surface area contributed by atoms with Crippen LogP contribution >= 0.6 is 0 Å². The highest BCUT2D eigenvalue weighted by atomic mass is 14.9. The number of nitrogens with zero attached hydrogens (tertiary/aromatic N) is 3. The van der Waals surface area contributed by atoms with Gasteiger partial charge in [-0.2, -0.15) is 10.5 Å². The molecule has 0 spiro atoms. The molecular weight excluding hydrogens is 394 g/mol. The summed E-state index contributed by atoms with van der Waals surface area (Å²) >= 11 is 0. The number of H-pyrrole nitrogens is 1. The third kappa shape index (κ3) is 3.56. The molecule has 0 fully saturated rings. The molecule has 150 valence electrons. The van der Waals surface area contributed by atoms with Gasteiger partial charge in [-0.25, -0.2) is 0 Å². The summed E-state index contributed by atoms with van der Waals surface area (Å²) in [6, 6.07) is 28.0. The molecule has 0 aliphatic carbocycles. The molecule has 32 heavy (non-hydrogen) atoms. The van der Waals surface area contributed by atoms with Crippen molar-refractivity contribution >= 4 is 22.3 Å². The van der Waals surface area contributed by atoms with Crippen LogP contribution in [0.4, 0.5) is 11.4 Å². The summed E-state index contributed by atoms with van der Waals surface area (Å²) < 4.78 is 0. The van der Waals surface area contributed by atoms with E-state index in [0.717, 1.165) is 44.5 Å². The molecule has 0 bridgehead atoms. The normalized spacial score (nSPS) is 10.4. The lowest BCUT2D eigenvalue weighted by Crippen LogP contribution is -1.98. The first-order valence-corrected chi connectivity index (χ1v) is 10.1. The molecule has 2 aromatic heterocycles. The summed E-state index contributed by atoms with van der Waals surface area (Å²) in [6.45, 7) is 0. The first-order chi connectivity index (χ1) is 15.7. The highest BCUT2D eigenvalue weighted by molar-refractivity contribution is 5.89. The van der Waals surface area contributed by atoms with Crippen molar-refractivity contribution in [2.45, 2.75) is 0 Å². The summed E-state index contributed by atoms with van der Waals surface area (Å²) in [4.78, 5) is 7.49. The molecule has 0 amide bonds. The Kier molecular flexibility index (Phi) is 4.84. The Labute approximate surface area is 185 Å². The average Bonchev–Trinajstić information content (AvgIpc) is 3.32. The molecule has 5 aromatic rings. The Morgan fingerprint density at radius 2 is 1.62 bits per heavy atom. The van der Waals surface area contributed by atoms with Crippen LogP contribution in [0.5, 0.6) is 0 Å². The SMILES string of the molecule is N#Cc1ccc(-c2cccc(-c3cncc(C#N)c3Nc3ccc4[nH]ccc4c3)c2)cc1. The van der Waals surface area contributed by atoms with Gasteiger partial charge < -0.3 is 10.3 Å². The second-order valence-corrected chi connectivity index (χ2v) is 7.40. The van der Waals surface area contributed by atoms with Crippen molar-refractivity contribution in [3.05, 3.63) is 103 Å². The van der Waals surface area contributed by atoms with Crippen LogP contribution in [0.1, 0.15) is 11.1 Å². The topological polar surface area (TPSA) is 88.3 Å². The molecule has 0 saturated carbocycles. The minimum Gasteiger partial charge on any atom is -0.361 e. The van der Waals surface area contributed by atoms with Crippen LogP contribution in [0.3, 0.4) is 0 Å². The van der Waals surface area contributed by atoms with Crippen LogP contribution < -0.4 is 5.32 Å². The molecule has 5 heteroatoms. The molecule has 2 N–H and O–H groups in total. The molecule has 2 heterocycles. The first kappa shape index (κ1) is 19.1. The maximum absolute atomic E-state index is 9.73. The van der Waals surface area contributed by atoms with E-state index in [-0.39, 0.29) is 0 Å². The maximum Gasteiger partial charge on any atom is 0.103 e. The molecule has 0 saturated heterocycles. The number of fused-ring (bicyclic) bond motifs is 1. The summed E-state index contributed by atoms with van der Waals surface area (Å²) in [6.07, 6.45) is 5.25. The Balaban J connectivity index is 1.58. The van der Waals surface area contributed by atoms with Crippen molar-refractivity contribution in [3.63, 3.8) is 0 Å². The maximum atomic E-state index is 9.73. The Morgan fingerprint density at radius 1 is 0.781 bits per heavy atom. The second-order valence-electron chi connectivity index (χ2n) is 7.40. The highest BCUT2D eigenvalue weighted by Gasteiger charge is 2.13. The average molecular weight is 411 g/mol. The van der Waals surface area contributed by atoms with Crippen molar-refractivity contribution in [1.82, 2.24) is 9.97 Å². The quantitative estimate of drug-likeness (QED) is 0.359. The van der Waals surface area contributed by atoms with E-state index in [2.05, 4.69) is 33.5 Å². The number of nitriles is 2. The number of rotatable bonds is 4. The Bertz CT molecular complexity index is 1510. The van der Waals surface area contributed by atoms with Crippen LogP contribution in [0.25, 0.3) is 33.2 Å². The molecule has 0 aliphatic heterocycles. The lowest BCUT2D eigenvalue weighted by molar-refractivity contribution is 1.30. The van der Waals surface area contributed by atoms with Gasteiger partial charge in [0, 0.05) is 40.7 Å². The van der Waals surface area contributed by atoms with Crippen molar-refractivity contribution in [3.8, 4) is 34.4 Å². The van der Waals surface area contributed by atoms with E-state index in [1.807, 2.05) is 72.9 Å². The molecule has 3 aromatic carbocycles. The van der Waals surface area contributed by atoms with Crippen molar-refractivity contribution < 1.29 is 0 Å². The second kappa shape index (κ2) is 8.10. The van der Waals surface area contributed by atoms with Gasteiger partial charge in [-0.3, -0.25) is 4.98 Å². The number of aromatic nitrogens is 2. The van der Waals surface area contributed by atoms with Gasteiger partial charge in [-0.1, -0.05) is 30.3 Å². The van der Waals surface area contributed by atoms with Crippen LogP contribution in [-0.4, -0.2) is 9.97 Å². The van der Waals surface area contributed by atoms with Crippen molar-refractivity contribution in [2.24, 2.45) is 0 Å². The third-order valence-electron chi connectivity index (χ3n) is 5.41. The van der Waals surface area contributed by atoms with Crippen LogP contribution in [-0.2, 0) is 0 Å². The summed E-state index contributed by atoms with van der Waals surface area (Å²) in [7, 11) is 0. The van der Waals surface area contributed by atoms with E-state index in [9.17, 15) is 5.26 Å². The zero-order valence-electron chi connectivity index (χ0n) is 17.0. The highest BCUT2D eigenvalue weighted by Crippen LogP contribution is 2.35. The number of benzene rings is 3. The van der Waals surface area contributed by atoms with Gasteiger partial charge in [-0.15, -0.1) is 0 Å². The van der Waals surface area contributed by atoms with Gasteiger partial charge in [0.05, 0.1) is 22.9 Å². The molecule has 0 atom stereocenters. The number of hydrogen-bond donors (Lipinski definition) is 2. The fourth-order valence-corrected chi connectivity index (χ4v) is 3.78. The number of aromatic amines is 1. The van der Waals surface area contributed by atoms with E-state index in [4.69, 9.17) is 5.26 Å². The number of hydrogen-bond acceptors (Lipinski definition) is 4. The van der Waals surface area contributed by atoms with Gasteiger partial charge in [0.15, 0.2) is 0 Å². The smallest absolute Gasteiger partial charge is 0.103 e. The predicted molar refractivity (Wildman–Crippen MR) is 126 cm³/mol. The lowest BCUT2D eigenvalue weighted by atomic mass is 9.97. The molecule has 0 unspecified atom stereocenters. The molecular formula is C27H17N5. The minimum absolute atomic E-state index is 0.473. The Morgan fingerprint density at radius 3 is 2.44 bits per heavy atom. The van der Waals surface area contributed by atoms with E-state index in [1.165, 1.54) is 0 Å². The van der Waals surface area contributed by atoms with Gasteiger partial charge in [-0.05, 0) is 59.2 Å². The fraction of sp³-hybridized carbons (Fsp3) is 0. The largest absolute Gasteiger partial charge is 0.361 e. The number of nitrogens with one attached hydrogen (secondary N) is 2. The van der Waals surface area contributed by atoms with Crippen LogP contribution in [0.15, 0.2) is 91.4 Å². The van der Waals surface area contributed by atoms with Gasteiger partial charge in [0.2, 0.25) is 0 Å². The first-order valence-electron chi connectivity index (χ1n) is 10.1. The van der Waals surface area contributed by atoms with Crippen LogP contribution in [0.2, 0.25) is 0 Å². The standard InChI is InChI=1S/C27H17N5/c28-14-18-4-6-19(7-5-18)20-2-1-3-21(12-20)25-17-30-16-23(15-29)27(25)32-24-8-9-26-22(13-24)10-11-31-26/h1-13,16-17,31H,(H,30,32). The number of anilines is 2. The summed E-state index contributed by atoms with van der Waals surface area (Å²) in [5.41, 5.74) is 7.59. The van der Waals surface area contributed by atoms with Crippen molar-refractivity contribution in [2.75, 3.05) is 5.32 Å². The molecule has 0 aliphatic rings. The molecule has 5 rings (SSSR count). The predicted octanol–water partition coefficient (Wildman–Crippen LogP) is 6.38. The summed E-state index contributed by atoms with van der Waals surface area (Å²) in [5, 5.41) is 23.3. The molecule has 5 nitrogen and oxygen atoms in total. The third-order valence-corrected chi connectivity index (χ3v) is 5.41. The van der Waals surface area contributed by atoms with Crippen molar-refractivity contribution in [1.29, 1.82) is 10.5 Å². The van der Waals surface area contributed by atoms with Gasteiger partial charge in [0.25, 0.3) is 0 Å². The van der Waals surface area contributed by atoms with Gasteiger partial charge in [0.1, 0.15) is 6.07 Å². The summed E-state index contributed by atoms with van der Waals surface area (Å²) in [5.74, 6) is 0.